The number of rotatable bonds is 5. The number of aromatic nitrogens is 3. The fourth-order valence-corrected chi connectivity index (χ4v) is 2.73. The Bertz CT molecular complexity index is 560. The number of ether oxygens (including phenoxy) is 1. The molecule has 5 heteroatoms. The number of nitrogens with zero attached hydrogens (tertiary/aromatic N) is 3. The number of nitrogens with one attached hydrogen (secondary N) is 1. The Balaban J connectivity index is 1.77. The molecule has 2 aromatic rings. The average Bonchev–Trinajstić information content (AvgIpc) is 2.85. The topological polar surface area (TPSA) is 52.0 Å². The van der Waals surface area contributed by atoms with E-state index in [1.807, 2.05) is 18.3 Å². The lowest BCUT2D eigenvalue weighted by atomic mass is 10.1. The highest BCUT2D eigenvalue weighted by Gasteiger charge is 2.16. The quantitative estimate of drug-likeness (QED) is 0.907. The van der Waals surface area contributed by atoms with E-state index < -0.39 is 0 Å². The number of piperidine rings is 1. The Hall–Kier alpha value is -1.46. The van der Waals surface area contributed by atoms with Crippen LogP contribution in [0.5, 0.6) is 0 Å². The third-order valence-electron chi connectivity index (χ3n) is 3.76. The van der Waals surface area contributed by atoms with Crippen molar-refractivity contribution >= 4 is 11.2 Å². The first kappa shape index (κ1) is 13.5. The molecule has 5 nitrogen and oxygen atoms in total. The number of hydrogen-bond donors (Lipinski definition) is 1. The van der Waals surface area contributed by atoms with Gasteiger partial charge in [0.05, 0.1) is 6.10 Å². The highest BCUT2D eigenvalue weighted by molar-refractivity contribution is 5.71. The highest BCUT2D eigenvalue weighted by Crippen LogP contribution is 2.17. The van der Waals surface area contributed by atoms with Crippen LogP contribution < -0.4 is 5.32 Å². The summed E-state index contributed by atoms with van der Waals surface area (Å²) < 4.78 is 8.23. The molecule has 1 aliphatic rings. The van der Waals surface area contributed by atoms with E-state index in [0.29, 0.717) is 12.7 Å². The van der Waals surface area contributed by atoms with Crippen LogP contribution in [0.15, 0.2) is 18.3 Å². The summed E-state index contributed by atoms with van der Waals surface area (Å²) in [5, 5.41) is 3.36. The Morgan fingerprint density at radius 1 is 1.40 bits per heavy atom. The van der Waals surface area contributed by atoms with Crippen molar-refractivity contribution in [1.29, 1.82) is 0 Å². The molecule has 0 bridgehead atoms. The van der Waals surface area contributed by atoms with Crippen LogP contribution in [-0.2, 0) is 17.9 Å². The van der Waals surface area contributed by atoms with Crippen molar-refractivity contribution in [3.05, 3.63) is 24.2 Å². The van der Waals surface area contributed by atoms with Crippen molar-refractivity contribution in [2.45, 2.75) is 45.4 Å². The lowest BCUT2D eigenvalue weighted by Gasteiger charge is -2.22. The van der Waals surface area contributed by atoms with Gasteiger partial charge in [-0.1, -0.05) is 6.92 Å². The third kappa shape index (κ3) is 2.83. The van der Waals surface area contributed by atoms with Crippen molar-refractivity contribution in [3.8, 4) is 0 Å². The molecular weight excluding hydrogens is 252 g/mol. The lowest BCUT2D eigenvalue weighted by molar-refractivity contribution is 0.0166. The fraction of sp³-hybridized carbons (Fsp3) is 0.600. The smallest absolute Gasteiger partial charge is 0.160 e. The van der Waals surface area contributed by atoms with E-state index in [9.17, 15) is 0 Å². The van der Waals surface area contributed by atoms with E-state index in [2.05, 4.69) is 26.8 Å². The van der Waals surface area contributed by atoms with Gasteiger partial charge in [0.1, 0.15) is 17.9 Å². The van der Waals surface area contributed by atoms with E-state index in [-0.39, 0.29) is 0 Å². The molecule has 0 spiro atoms. The zero-order valence-corrected chi connectivity index (χ0v) is 12.0. The van der Waals surface area contributed by atoms with Crippen LogP contribution in [0.4, 0.5) is 0 Å². The van der Waals surface area contributed by atoms with E-state index in [4.69, 9.17) is 4.74 Å². The first-order valence-corrected chi connectivity index (χ1v) is 7.51. The first-order valence-electron chi connectivity index (χ1n) is 7.51. The monoisotopic (exact) mass is 274 g/mol. The zero-order chi connectivity index (χ0) is 13.8. The number of hydrogen-bond acceptors (Lipinski definition) is 4. The van der Waals surface area contributed by atoms with Gasteiger partial charge in [-0.2, -0.15) is 0 Å². The highest BCUT2D eigenvalue weighted by atomic mass is 16.5. The molecule has 20 heavy (non-hydrogen) atoms. The summed E-state index contributed by atoms with van der Waals surface area (Å²) in [5.74, 6) is 0.999. The van der Waals surface area contributed by atoms with Crippen LogP contribution in [0.3, 0.4) is 0 Å². The molecule has 1 N–H and O–H groups in total. The third-order valence-corrected chi connectivity index (χ3v) is 3.76. The summed E-state index contributed by atoms with van der Waals surface area (Å²) in [6.07, 6.45) is 5.44. The molecule has 1 saturated heterocycles. The van der Waals surface area contributed by atoms with Gasteiger partial charge in [0.25, 0.3) is 0 Å². The Morgan fingerprint density at radius 3 is 3.05 bits per heavy atom. The maximum atomic E-state index is 6.03. The summed E-state index contributed by atoms with van der Waals surface area (Å²) >= 11 is 0. The summed E-state index contributed by atoms with van der Waals surface area (Å²) in [4.78, 5) is 9.13. The van der Waals surface area contributed by atoms with Gasteiger partial charge < -0.3 is 14.6 Å². The number of imidazole rings is 1. The van der Waals surface area contributed by atoms with Gasteiger partial charge in [-0.05, 0) is 44.5 Å². The van der Waals surface area contributed by atoms with Crippen LogP contribution in [0.2, 0.25) is 0 Å². The molecule has 0 saturated carbocycles. The minimum Gasteiger partial charge on any atom is -0.370 e. The molecule has 0 amide bonds. The summed E-state index contributed by atoms with van der Waals surface area (Å²) in [5.41, 5.74) is 1.93. The van der Waals surface area contributed by atoms with Gasteiger partial charge in [0.15, 0.2) is 5.65 Å². The van der Waals surface area contributed by atoms with Crippen molar-refractivity contribution in [3.63, 3.8) is 0 Å². The molecule has 1 fully saturated rings. The van der Waals surface area contributed by atoms with Crippen molar-refractivity contribution in [1.82, 2.24) is 19.9 Å². The van der Waals surface area contributed by atoms with Gasteiger partial charge >= 0.3 is 0 Å². The summed E-state index contributed by atoms with van der Waals surface area (Å²) in [6, 6.07) is 3.95. The molecule has 108 valence electrons. The van der Waals surface area contributed by atoms with Gasteiger partial charge in [-0.3, -0.25) is 0 Å². The SMILES string of the molecule is CCCn1c(COC2CCNCC2)nc2cccnc21. The normalized spacial score (nSPS) is 16.9. The molecule has 0 unspecified atom stereocenters. The number of fused-ring (bicyclic) bond motifs is 1. The molecule has 0 aliphatic carbocycles. The molecule has 0 radical (unpaired) electrons. The second kappa shape index (κ2) is 6.33. The second-order valence-corrected chi connectivity index (χ2v) is 5.29. The largest absolute Gasteiger partial charge is 0.370 e. The van der Waals surface area contributed by atoms with Crippen molar-refractivity contribution in [2.24, 2.45) is 0 Å². The molecule has 2 aromatic heterocycles. The maximum absolute atomic E-state index is 6.03. The molecular formula is C15H22N4O. The Labute approximate surface area is 119 Å². The summed E-state index contributed by atoms with van der Waals surface area (Å²) in [7, 11) is 0. The first-order chi connectivity index (χ1) is 9.88. The minimum atomic E-state index is 0.360. The molecule has 0 aromatic carbocycles. The van der Waals surface area contributed by atoms with E-state index in [1.54, 1.807) is 0 Å². The Kier molecular flexibility index (Phi) is 4.28. The number of pyridine rings is 1. The predicted octanol–water partition coefficient (Wildman–Crippen LogP) is 2.11. The van der Waals surface area contributed by atoms with Gasteiger partial charge in [0, 0.05) is 12.7 Å². The molecule has 3 heterocycles. The maximum Gasteiger partial charge on any atom is 0.160 e. The standard InChI is InChI=1S/C15H22N4O/c1-2-10-19-14(11-20-12-5-8-16-9-6-12)18-13-4-3-7-17-15(13)19/h3-4,7,12,16H,2,5-6,8-11H2,1H3. The van der Waals surface area contributed by atoms with Crippen molar-refractivity contribution < 1.29 is 4.74 Å². The average molecular weight is 274 g/mol. The second-order valence-electron chi connectivity index (χ2n) is 5.29. The van der Waals surface area contributed by atoms with Gasteiger partial charge in [-0.15, -0.1) is 0 Å². The molecule has 0 atom stereocenters. The van der Waals surface area contributed by atoms with Crippen molar-refractivity contribution in [2.75, 3.05) is 13.1 Å². The predicted molar refractivity (Wildman–Crippen MR) is 78.5 cm³/mol. The van der Waals surface area contributed by atoms with Crippen LogP contribution in [0, 0.1) is 0 Å². The Morgan fingerprint density at radius 2 is 2.25 bits per heavy atom. The fourth-order valence-electron chi connectivity index (χ4n) is 2.73. The molecule has 1 aliphatic heterocycles. The minimum absolute atomic E-state index is 0.360. The van der Waals surface area contributed by atoms with Crippen LogP contribution >= 0.6 is 0 Å². The van der Waals surface area contributed by atoms with Crippen LogP contribution in [0.1, 0.15) is 32.0 Å². The van der Waals surface area contributed by atoms with Gasteiger partial charge in [-0.25, -0.2) is 9.97 Å². The molecule has 3 rings (SSSR count). The van der Waals surface area contributed by atoms with E-state index in [1.165, 1.54) is 0 Å². The number of aryl methyl sites for hydroxylation is 1. The van der Waals surface area contributed by atoms with E-state index >= 15 is 0 Å². The zero-order valence-electron chi connectivity index (χ0n) is 12.0. The summed E-state index contributed by atoms with van der Waals surface area (Å²) in [6.45, 7) is 5.81. The van der Waals surface area contributed by atoms with E-state index in [0.717, 1.165) is 55.9 Å². The van der Waals surface area contributed by atoms with Gasteiger partial charge in [0.2, 0.25) is 0 Å². The lowest BCUT2D eigenvalue weighted by Crippen LogP contribution is -2.32. The van der Waals surface area contributed by atoms with Crippen LogP contribution in [-0.4, -0.2) is 33.7 Å². The van der Waals surface area contributed by atoms with Crippen LogP contribution in [0.25, 0.3) is 11.2 Å².